The van der Waals surface area contributed by atoms with E-state index >= 15 is 0 Å². The second-order valence-corrected chi connectivity index (χ2v) is 14.1. The van der Waals surface area contributed by atoms with Gasteiger partial charge in [0.25, 0.3) is 0 Å². The summed E-state index contributed by atoms with van der Waals surface area (Å²) in [6.07, 6.45) is 8.10. The van der Waals surface area contributed by atoms with Crippen molar-refractivity contribution in [2.45, 2.75) is 171 Å². The summed E-state index contributed by atoms with van der Waals surface area (Å²) in [5, 5.41) is 0. The van der Waals surface area contributed by atoms with E-state index in [1.54, 1.807) is 13.8 Å². The van der Waals surface area contributed by atoms with Gasteiger partial charge in [-0.15, -0.1) is 0 Å². The van der Waals surface area contributed by atoms with Crippen LogP contribution in [-0.2, 0) is 10.5 Å². The van der Waals surface area contributed by atoms with E-state index < -0.39 is 53.9 Å². The molecule has 0 radical (unpaired) electrons. The fraction of sp³-hybridized carbons (Fsp3) is 0.800. The van der Waals surface area contributed by atoms with Gasteiger partial charge in [-0.2, -0.15) is 68.8 Å². The Morgan fingerprint density at radius 1 is 0.588 bits per heavy atom. The molecular formula is C35H49F13O2S. The van der Waals surface area contributed by atoms with Gasteiger partial charge >= 0.3 is 41.8 Å². The van der Waals surface area contributed by atoms with E-state index in [1.165, 1.54) is 76.3 Å². The van der Waals surface area contributed by atoms with Crippen molar-refractivity contribution in [1.82, 2.24) is 0 Å². The minimum Gasteiger partial charge on any atom is -0.426 e. The van der Waals surface area contributed by atoms with E-state index in [2.05, 4.69) is 6.92 Å². The van der Waals surface area contributed by atoms with Crippen molar-refractivity contribution in [2.75, 3.05) is 5.75 Å². The third kappa shape index (κ3) is 13.2. The third-order valence-electron chi connectivity index (χ3n) is 8.55. The predicted octanol–water partition coefficient (Wildman–Crippen LogP) is 13.8. The van der Waals surface area contributed by atoms with Crippen molar-refractivity contribution < 1.29 is 66.6 Å². The number of unbranched alkanes of at least 4 members (excludes halogenated alkanes) is 14. The van der Waals surface area contributed by atoms with Gasteiger partial charge in [-0.05, 0) is 42.7 Å². The first-order valence-electron chi connectivity index (χ1n) is 17.3. The Hall–Kier alpha value is -1.87. The maximum Gasteiger partial charge on any atom is 0.460 e. The van der Waals surface area contributed by atoms with Crippen LogP contribution in [0.25, 0.3) is 0 Å². The SMILES string of the molecule is CCCCCCCCCCCCCCCCCC(=O)Oc1c(C)cc(CSCCC(F)(F)C(F)(F)C(F)(F)C(F)(F)C(F)(F)C(F)(F)F)cc1C. The smallest absolute Gasteiger partial charge is 0.426 e. The summed E-state index contributed by atoms with van der Waals surface area (Å²) in [5.41, 5.74) is 1.31. The highest BCUT2D eigenvalue weighted by molar-refractivity contribution is 7.98. The lowest BCUT2D eigenvalue weighted by Gasteiger charge is -2.39. The van der Waals surface area contributed by atoms with Crippen LogP contribution in [0.1, 0.15) is 133 Å². The minimum atomic E-state index is -7.90. The fourth-order valence-corrected chi connectivity index (χ4v) is 6.39. The second-order valence-electron chi connectivity index (χ2n) is 13.0. The monoisotopic (exact) mass is 780 g/mol. The molecule has 0 N–H and O–H groups in total. The van der Waals surface area contributed by atoms with Crippen LogP contribution in [-0.4, -0.2) is 47.5 Å². The lowest BCUT2D eigenvalue weighted by Crippen LogP contribution is -2.70. The van der Waals surface area contributed by atoms with Gasteiger partial charge in [-0.3, -0.25) is 4.79 Å². The Kier molecular flexibility index (Phi) is 19.0. The van der Waals surface area contributed by atoms with Crippen molar-refractivity contribution in [3.8, 4) is 5.75 Å². The Morgan fingerprint density at radius 3 is 1.39 bits per heavy atom. The number of alkyl halides is 13. The standard InChI is InChI=1S/C35H49F13O2S/c1-4-5-6-7-8-9-10-11-12-13-14-15-16-17-18-19-28(49)50-29-25(2)22-27(23-26(29)3)24-51-21-20-30(36,37)31(38,39)32(40,41)33(42,43)34(44,45)35(46,47)48/h22-23H,4-21,24H2,1-3H3. The van der Waals surface area contributed by atoms with E-state index in [0.29, 0.717) is 34.9 Å². The van der Waals surface area contributed by atoms with E-state index in [-0.39, 0.29) is 17.9 Å². The average molecular weight is 781 g/mol. The van der Waals surface area contributed by atoms with Crippen molar-refractivity contribution in [1.29, 1.82) is 0 Å². The molecule has 1 aromatic rings. The lowest BCUT2D eigenvalue weighted by atomic mass is 9.93. The van der Waals surface area contributed by atoms with Gasteiger partial charge in [0.05, 0.1) is 0 Å². The fourth-order valence-electron chi connectivity index (χ4n) is 5.44. The van der Waals surface area contributed by atoms with Gasteiger partial charge in [0.1, 0.15) is 5.75 Å². The molecule has 0 saturated heterocycles. The zero-order valence-electron chi connectivity index (χ0n) is 29.2. The van der Waals surface area contributed by atoms with E-state index in [4.69, 9.17) is 4.74 Å². The number of halogens is 13. The zero-order chi connectivity index (χ0) is 39.2. The zero-order valence-corrected chi connectivity index (χ0v) is 30.0. The van der Waals surface area contributed by atoms with Gasteiger partial charge in [0.2, 0.25) is 0 Å². The molecule has 0 spiro atoms. The van der Waals surface area contributed by atoms with Crippen LogP contribution in [0.15, 0.2) is 12.1 Å². The summed E-state index contributed by atoms with van der Waals surface area (Å²) < 4.78 is 178. The number of hydrogen-bond donors (Lipinski definition) is 0. The normalized spacial score (nSPS) is 13.6. The first kappa shape index (κ1) is 47.2. The molecular weight excluding hydrogens is 731 g/mol. The molecule has 298 valence electrons. The number of benzene rings is 1. The third-order valence-corrected chi connectivity index (χ3v) is 9.58. The maximum atomic E-state index is 14.1. The molecule has 0 aliphatic rings. The molecule has 0 atom stereocenters. The summed E-state index contributed by atoms with van der Waals surface area (Å²) in [6, 6.07) is 2.97. The molecule has 0 aliphatic carbocycles. The predicted molar refractivity (Wildman–Crippen MR) is 173 cm³/mol. The number of hydrogen-bond acceptors (Lipinski definition) is 3. The molecule has 0 fully saturated rings. The molecule has 0 heterocycles. The van der Waals surface area contributed by atoms with Gasteiger partial charge in [-0.25, -0.2) is 0 Å². The molecule has 0 amide bonds. The number of esters is 1. The maximum absolute atomic E-state index is 14.1. The molecule has 1 aromatic carbocycles. The minimum absolute atomic E-state index is 0.187. The van der Waals surface area contributed by atoms with Crippen LogP contribution >= 0.6 is 11.8 Å². The quantitative estimate of drug-likeness (QED) is 0.0405. The summed E-state index contributed by atoms with van der Waals surface area (Å²) in [5.74, 6) is -38.3. The van der Waals surface area contributed by atoms with Crippen LogP contribution in [0.4, 0.5) is 57.1 Å². The lowest BCUT2D eigenvalue weighted by molar-refractivity contribution is -0.439. The van der Waals surface area contributed by atoms with Crippen molar-refractivity contribution >= 4 is 17.7 Å². The van der Waals surface area contributed by atoms with E-state index in [0.717, 1.165) is 25.7 Å². The molecule has 0 aliphatic heterocycles. The average Bonchev–Trinajstić information content (AvgIpc) is 3.02. The number of aryl methyl sites for hydroxylation is 2. The second kappa shape index (κ2) is 20.5. The largest absolute Gasteiger partial charge is 0.460 e. The van der Waals surface area contributed by atoms with E-state index in [1.807, 2.05) is 0 Å². The molecule has 0 bridgehead atoms. The van der Waals surface area contributed by atoms with Gasteiger partial charge in [-0.1, -0.05) is 109 Å². The van der Waals surface area contributed by atoms with Gasteiger partial charge in [0, 0.05) is 18.6 Å². The molecule has 0 unspecified atom stereocenters. The molecule has 0 saturated carbocycles. The summed E-state index contributed by atoms with van der Waals surface area (Å²) in [4.78, 5) is 12.4. The first-order chi connectivity index (χ1) is 23.5. The number of ether oxygens (including phenoxy) is 1. The number of thioether (sulfide) groups is 1. The number of rotatable bonds is 26. The molecule has 1 rings (SSSR count). The van der Waals surface area contributed by atoms with Crippen LogP contribution < -0.4 is 4.74 Å². The van der Waals surface area contributed by atoms with Crippen molar-refractivity contribution in [3.05, 3.63) is 28.8 Å². The first-order valence-corrected chi connectivity index (χ1v) is 18.5. The molecule has 0 aromatic heterocycles. The highest BCUT2D eigenvalue weighted by Crippen LogP contribution is 2.60. The summed E-state index contributed by atoms with van der Waals surface area (Å²) >= 11 is 0.460. The van der Waals surface area contributed by atoms with Crippen LogP contribution in [0.3, 0.4) is 0 Å². The van der Waals surface area contributed by atoms with E-state index in [9.17, 15) is 61.9 Å². The topological polar surface area (TPSA) is 26.3 Å². The Balaban J connectivity index is 2.49. The van der Waals surface area contributed by atoms with Gasteiger partial charge < -0.3 is 4.74 Å². The highest BCUT2D eigenvalue weighted by Gasteiger charge is 2.90. The van der Waals surface area contributed by atoms with Crippen LogP contribution in [0.5, 0.6) is 5.75 Å². The Morgan fingerprint density at radius 2 is 0.980 bits per heavy atom. The van der Waals surface area contributed by atoms with Crippen LogP contribution in [0, 0.1) is 13.8 Å². The van der Waals surface area contributed by atoms with Crippen molar-refractivity contribution in [3.63, 3.8) is 0 Å². The van der Waals surface area contributed by atoms with Gasteiger partial charge in [0.15, 0.2) is 0 Å². The highest BCUT2D eigenvalue weighted by atomic mass is 32.2. The molecule has 2 nitrogen and oxygen atoms in total. The summed E-state index contributed by atoms with van der Waals surface area (Å²) in [6.45, 7) is 5.36. The molecule has 51 heavy (non-hydrogen) atoms. The Labute approximate surface area is 296 Å². The summed E-state index contributed by atoms with van der Waals surface area (Å²) in [7, 11) is 0. The number of carbonyl (C=O) groups is 1. The number of carbonyl (C=O) groups excluding carboxylic acids is 1. The van der Waals surface area contributed by atoms with Crippen molar-refractivity contribution in [2.24, 2.45) is 0 Å². The molecule has 16 heteroatoms. The van der Waals surface area contributed by atoms with Crippen LogP contribution in [0.2, 0.25) is 0 Å². The Bertz CT molecular complexity index is 1160.